The van der Waals surface area contributed by atoms with Gasteiger partial charge in [-0.3, -0.25) is 4.79 Å². The molecular formula is C25H32ClN3O2S. The fourth-order valence-electron chi connectivity index (χ4n) is 7.69. The van der Waals surface area contributed by atoms with Gasteiger partial charge in [0.2, 0.25) is 0 Å². The largest absolute Gasteiger partial charge is 0.333 e. The molecule has 2 heterocycles. The number of urea groups is 1. The number of nitrogens with one attached hydrogen (secondary N) is 1. The van der Waals surface area contributed by atoms with E-state index >= 15 is 0 Å². The molecule has 1 spiro atoms. The van der Waals surface area contributed by atoms with Crippen molar-refractivity contribution >= 4 is 35.3 Å². The highest BCUT2D eigenvalue weighted by Gasteiger charge is 2.52. The molecule has 4 bridgehead atoms. The SMILES string of the molecule is O=C(NC12CC3CC(CC(C3)C1)C2)N1CCC2(CC1)SCCN2C(=O)c1ccc(Cl)cc1. The van der Waals surface area contributed by atoms with E-state index < -0.39 is 0 Å². The number of piperidine rings is 1. The van der Waals surface area contributed by atoms with E-state index in [1.807, 2.05) is 28.8 Å². The third-order valence-electron chi connectivity index (χ3n) is 8.76. The van der Waals surface area contributed by atoms with E-state index in [9.17, 15) is 9.59 Å². The van der Waals surface area contributed by atoms with Gasteiger partial charge in [0.15, 0.2) is 0 Å². The minimum Gasteiger partial charge on any atom is -0.333 e. The Balaban J connectivity index is 1.10. The van der Waals surface area contributed by atoms with Crippen molar-refractivity contribution in [3.8, 4) is 0 Å². The Labute approximate surface area is 199 Å². The smallest absolute Gasteiger partial charge is 0.317 e. The van der Waals surface area contributed by atoms with Crippen LogP contribution in [0, 0.1) is 17.8 Å². The second kappa shape index (κ2) is 7.83. The minimum atomic E-state index is -0.186. The van der Waals surface area contributed by atoms with Crippen LogP contribution in [-0.2, 0) is 0 Å². The molecule has 6 aliphatic rings. The number of carbonyl (C=O) groups excluding carboxylic acids is 2. The monoisotopic (exact) mass is 473 g/mol. The molecule has 4 saturated carbocycles. The van der Waals surface area contributed by atoms with Crippen molar-refractivity contribution in [2.45, 2.75) is 61.8 Å². The van der Waals surface area contributed by atoms with Crippen LogP contribution in [0.1, 0.15) is 61.7 Å². The Morgan fingerprint density at radius 1 is 0.938 bits per heavy atom. The molecule has 3 amide bonds. The molecule has 32 heavy (non-hydrogen) atoms. The van der Waals surface area contributed by atoms with E-state index in [2.05, 4.69) is 10.2 Å². The topological polar surface area (TPSA) is 52.7 Å². The molecule has 0 unspecified atom stereocenters. The second-order valence-electron chi connectivity index (χ2n) is 10.9. The van der Waals surface area contributed by atoms with Gasteiger partial charge in [0.05, 0.1) is 4.87 Å². The molecular weight excluding hydrogens is 442 g/mol. The number of benzene rings is 1. The summed E-state index contributed by atoms with van der Waals surface area (Å²) in [5.41, 5.74) is 0.748. The quantitative estimate of drug-likeness (QED) is 0.657. The molecule has 0 aromatic heterocycles. The molecule has 172 valence electrons. The third kappa shape index (κ3) is 3.62. The predicted molar refractivity (Wildman–Crippen MR) is 128 cm³/mol. The van der Waals surface area contributed by atoms with Gasteiger partial charge in [-0.1, -0.05) is 11.6 Å². The van der Waals surface area contributed by atoms with E-state index in [4.69, 9.17) is 11.6 Å². The molecule has 2 saturated heterocycles. The lowest BCUT2D eigenvalue weighted by molar-refractivity contribution is -0.0164. The molecule has 1 aromatic carbocycles. The Morgan fingerprint density at radius 3 is 2.12 bits per heavy atom. The first-order valence-electron chi connectivity index (χ1n) is 12.2. The van der Waals surface area contributed by atoms with Crippen LogP contribution in [0.3, 0.4) is 0 Å². The molecule has 2 aliphatic heterocycles. The summed E-state index contributed by atoms with van der Waals surface area (Å²) in [5.74, 6) is 3.52. The van der Waals surface area contributed by atoms with Crippen molar-refractivity contribution in [1.29, 1.82) is 0 Å². The number of rotatable bonds is 2. The summed E-state index contributed by atoms with van der Waals surface area (Å²) in [4.78, 5) is 30.4. The number of halogens is 1. The van der Waals surface area contributed by atoms with Crippen LogP contribution in [0.2, 0.25) is 5.02 Å². The molecule has 0 radical (unpaired) electrons. The van der Waals surface area contributed by atoms with Gasteiger partial charge in [-0.15, -0.1) is 11.8 Å². The Morgan fingerprint density at radius 2 is 1.53 bits per heavy atom. The number of hydrogen-bond acceptors (Lipinski definition) is 3. The van der Waals surface area contributed by atoms with Crippen LogP contribution < -0.4 is 5.32 Å². The maximum absolute atomic E-state index is 13.3. The lowest BCUT2D eigenvalue weighted by Crippen LogP contribution is -2.63. The summed E-state index contributed by atoms with van der Waals surface area (Å²) in [6.45, 7) is 2.21. The van der Waals surface area contributed by atoms with Gasteiger partial charge in [-0.05, 0) is 93.4 Å². The lowest BCUT2D eigenvalue weighted by atomic mass is 9.53. The fourth-order valence-corrected chi connectivity index (χ4v) is 9.27. The minimum absolute atomic E-state index is 0.0552. The average Bonchev–Trinajstić information content (AvgIpc) is 3.15. The van der Waals surface area contributed by atoms with Crippen LogP contribution in [-0.4, -0.2) is 57.5 Å². The van der Waals surface area contributed by atoms with Crippen molar-refractivity contribution in [3.63, 3.8) is 0 Å². The van der Waals surface area contributed by atoms with Gasteiger partial charge in [0.25, 0.3) is 5.91 Å². The Kier molecular flexibility index (Phi) is 5.18. The number of amides is 3. The molecule has 1 aromatic rings. The summed E-state index contributed by atoms with van der Waals surface area (Å²) < 4.78 is 0. The summed E-state index contributed by atoms with van der Waals surface area (Å²) >= 11 is 7.89. The van der Waals surface area contributed by atoms with Gasteiger partial charge in [-0.2, -0.15) is 0 Å². The number of carbonyl (C=O) groups is 2. The van der Waals surface area contributed by atoms with Gasteiger partial charge < -0.3 is 15.1 Å². The zero-order chi connectivity index (χ0) is 21.9. The fraction of sp³-hybridized carbons (Fsp3) is 0.680. The highest BCUT2D eigenvalue weighted by molar-refractivity contribution is 8.00. The van der Waals surface area contributed by atoms with Crippen molar-refractivity contribution in [1.82, 2.24) is 15.1 Å². The zero-order valence-corrected chi connectivity index (χ0v) is 20.1. The van der Waals surface area contributed by atoms with E-state index in [0.29, 0.717) is 10.6 Å². The maximum atomic E-state index is 13.3. The molecule has 6 fully saturated rings. The number of likely N-dealkylation sites (tertiary alicyclic amines) is 1. The van der Waals surface area contributed by atoms with Crippen LogP contribution in [0.15, 0.2) is 24.3 Å². The van der Waals surface area contributed by atoms with E-state index in [-0.39, 0.29) is 22.3 Å². The van der Waals surface area contributed by atoms with E-state index in [1.165, 1.54) is 38.5 Å². The van der Waals surface area contributed by atoms with Crippen molar-refractivity contribution in [3.05, 3.63) is 34.9 Å². The number of nitrogens with zero attached hydrogens (tertiary/aromatic N) is 2. The molecule has 7 rings (SSSR count). The molecule has 1 N–H and O–H groups in total. The predicted octanol–water partition coefficient (Wildman–Crippen LogP) is 5.00. The third-order valence-corrected chi connectivity index (χ3v) is 10.6. The van der Waals surface area contributed by atoms with Crippen LogP contribution in [0.4, 0.5) is 4.79 Å². The van der Waals surface area contributed by atoms with Gasteiger partial charge in [0, 0.05) is 41.5 Å². The summed E-state index contributed by atoms with van der Waals surface area (Å²) in [5, 5.41) is 4.17. The summed E-state index contributed by atoms with van der Waals surface area (Å²) in [6.07, 6.45) is 9.38. The first-order valence-corrected chi connectivity index (χ1v) is 13.6. The maximum Gasteiger partial charge on any atom is 0.317 e. The molecule has 5 nitrogen and oxygen atoms in total. The highest BCUT2D eigenvalue weighted by Crippen LogP contribution is 2.55. The van der Waals surface area contributed by atoms with E-state index in [1.54, 1.807) is 12.1 Å². The standard InChI is InChI=1S/C25H32ClN3O2S/c26-21-3-1-20(2-4-21)22(30)29-9-10-32-25(29)5-7-28(8-6-25)23(31)27-24-14-17-11-18(15-24)13-19(12-17)16-24/h1-4,17-19H,5-16H2,(H,27,31). The zero-order valence-electron chi connectivity index (χ0n) is 18.5. The second-order valence-corrected chi connectivity index (χ2v) is 12.8. The lowest BCUT2D eigenvalue weighted by Gasteiger charge is -2.57. The molecule has 7 heteroatoms. The first-order chi connectivity index (χ1) is 15.4. The van der Waals surface area contributed by atoms with Crippen LogP contribution in [0.25, 0.3) is 0 Å². The number of thioether (sulfide) groups is 1. The van der Waals surface area contributed by atoms with Crippen molar-refractivity contribution in [2.24, 2.45) is 17.8 Å². The normalized spacial score (nSPS) is 34.8. The summed E-state index contributed by atoms with van der Waals surface area (Å²) in [7, 11) is 0. The number of hydrogen-bond donors (Lipinski definition) is 1. The van der Waals surface area contributed by atoms with Gasteiger partial charge in [-0.25, -0.2) is 4.79 Å². The van der Waals surface area contributed by atoms with Crippen LogP contribution in [0.5, 0.6) is 0 Å². The van der Waals surface area contributed by atoms with Gasteiger partial charge >= 0.3 is 6.03 Å². The highest BCUT2D eigenvalue weighted by atomic mass is 35.5. The summed E-state index contributed by atoms with van der Waals surface area (Å²) in [6, 6.07) is 7.31. The van der Waals surface area contributed by atoms with Crippen LogP contribution >= 0.6 is 23.4 Å². The molecule has 0 atom stereocenters. The first kappa shape index (κ1) is 21.2. The van der Waals surface area contributed by atoms with E-state index in [0.717, 1.165) is 56.0 Å². The van der Waals surface area contributed by atoms with Crippen molar-refractivity contribution in [2.75, 3.05) is 25.4 Å². The molecule has 4 aliphatic carbocycles. The van der Waals surface area contributed by atoms with Crippen molar-refractivity contribution < 1.29 is 9.59 Å². The Bertz CT molecular complexity index is 877. The van der Waals surface area contributed by atoms with Gasteiger partial charge in [0.1, 0.15) is 0 Å². The Hall–Kier alpha value is -1.40. The average molecular weight is 474 g/mol.